The summed E-state index contributed by atoms with van der Waals surface area (Å²) in [5.41, 5.74) is 5.91. The van der Waals surface area contributed by atoms with Gasteiger partial charge in [-0.1, -0.05) is 11.6 Å². The molecular formula is C13H19ClIN3S. The van der Waals surface area contributed by atoms with Gasteiger partial charge in [0.25, 0.3) is 0 Å². The highest BCUT2D eigenvalue weighted by atomic mass is 127. The van der Waals surface area contributed by atoms with Crippen LogP contribution in [0.1, 0.15) is 12.8 Å². The molecule has 2 N–H and O–H groups in total. The molecule has 0 bridgehead atoms. The monoisotopic (exact) mass is 411 g/mol. The number of aliphatic imine (C=N–C) groups is 1. The van der Waals surface area contributed by atoms with Crippen LogP contribution < -0.4 is 5.73 Å². The zero-order valence-electron chi connectivity index (χ0n) is 10.9. The molecule has 1 saturated carbocycles. The van der Waals surface area contributed by atoms with Crippen LogP contribution in [0.15, 0.2) is 34.2 Å². The van der Waals surface area contributed by atoms with E-state index < -0.39 is 0 Å². The van der Waals surface area contributed by atoms with E-state index in [0.717, 1.165) is 17.3 Å². The molecule has 0 aromatic heterocycles. The fourth-order valence-corrected chi connectivity index (χ4v) is 2.49. The van der Waals surface area contributed by atoms with Crippen LogP contribution in [0.25, 0.3) is 0 Å². The molecule has 1 aromatic carbocycles. The highest BCUT2D eigenvalue weighted by Gasteiger charge is 2.27. The molecule has 2 rings (SSSR count). The molecule has 0 spiro atoms. The van der Waals surface area contributed by atoms with Crippen molar-refractivity contribution in [2.24, 2.45) is 10.7 Å². The standard InChI is InChI=1S/C13H18ClN3S.HI/c1-17(11-4-5-11)13(15)16-8-9-18-12-6-2-10(14)3-7-12;/h2-3,6-7,11H,4-5,8-9H2,1H3,(H2,15,16);1H. The van der Waals surface area contributed by atoms with E-state index >= 15 is 0 Å². The van der Waals surface area contributed by atoms with E-state index in [-0.39, 0.29) is 24.0 Å². The lowest BCUT2D eigenvalue weighted by Crippen LogP contribution is -2.35. The van der Waals surface area contributed by atoms with Gasteiger partial charge in [-0.25, -0.2) is 0 Å². The molecule has 1 aliphatic rings. The van der Waals surface area contributed by atoms with E-state index in [2.05, 4.69) is 9.89 Å². The summed E-state index contributed by atoms with van der Waals surface area (Å²) >= 11 is 7.60. The number of nitrogens with two attached hydrogens (primary N) is 1. The molecule has 0 radical (unpaired) electrons. The molecule has 1 fully saturated rings. The molecular weight excluding hydrogens is 393 g/mol. The van der Waals surface area contributed by atoms with E-state index in [4.69, 9.17) is 17.3 Å². The van der Waals surface area contributed by atoms with Crippen LogP contribution in [-0.4, -0.2) is 36.2 Å². The first kappa shape index (κ1) is 16.9. The van der Waals surface area contributed by atoms with Crippen molar-refractivity contribution in [3.63, 3.8) is 0 Å². The molecule has 0 atom stereocenters. The quantitative estimate of drug-likeness (QED) is 0.265. The van der Waals surface area contributed by atoms with Crippen molar-refractivity contribution in [1.82, 2.24) is 4.90 Å². The number of hydrogen-bond donors (Lipinski definition) is 1. The summed E-state index contributed by atoms with van der Waals surface area (Å²) in [6, 6.07) is 8.48. The molecule has 0 amide bonds. The molecule has 1 aromatic rings. The van der Waals surface area contributed by atoms with Crippen LogP contribution in [0.3, 0.4) is 0 Å². The lowest BCUT2D eigenvalue weighted by molar-refractivity contribution is 0.488. The van der Waals surface area contributed by atoms with Gasteiger partial charge in [-0.05, 0) is 37.1 Å². The Labute approximate surface area is 141 Å². The molecule has 3 nitrogen and oxygen atoms in total. The van der Waals surface area contributed by atoms with Crippen LogP contribution in [0.4, 0.5) is 0 Å². The van der Waals surface area contributed by atoms with E-state index in [1.165, 1.54) is 17.7 Å². The second-order valence-corrected chi connectivity index (χ2v) is 5.99. The van der Waals surface area contributed by atoms with Crippen molar-refractivity contribution in [3.05, 3.63) is 29.3 Å². The Morgan fingerprint density at radius 1 is 1.42 bits per heavy atom. The van der Waals surface area contributed by atoms with Gasteiger partial charge in [0.1, 0.15) is 0 Å². The second-order valence-electron chi connectivity index (χ2n) is 4.38. The average Bonchev–Trinajstić information content (AvgIpc) is 3.20. The Hall–Kier alpha value is -0.140. The van der Waals surface area contributed by atoms with Gasteiger partial charge in [0, 0.05) is 28.8 Å². The van der Waals surface area contributed by atoms with E-state index in [1.54, 1.807) is 11.8 Å². The molecule has 106 valence electrons. The summed E-state index contributed by atoms with van der Waals surface area (Å²) in [5.74, 6) is 1.59. The lowest BCUT2D eigenvalue weighted by atomic mass is 10.4. The normalized spacial score (nSPS) is 14.9. The van der Waals surface area contributed by atoms with Crippen molar-refractivity contribution in [3.8, 4) is 0 Å². The molecule has 19 heavy (non-hydrogen) atoms. The Morgan fingerprint density at radius 2 is 2.05 bits per heavy atom. The predicted octanol–water partition coefficient (Wildman–Crippen LogP) is 3.46. The van der Waals surface area contributed by atoms with Gasteiger partial charge in [0.2, 0.25) is 0 Å². The van der Waals surface area contributed by atoms with Crippen LogP contribution in [0.2, 0.25) is 5.02 Å². The number of benzene rings is 1. The molecule has 0 unspecified atom stereocenters. The van der Waals surface area contributed by atoms with E-state index in [0.29, 0.717) is 12.0 Å². The zero-order valence-corrected chi connectivity index (χ0v) is 14.8. The second kappa shape index (κ2) is 8.21. The summed E-state index contributed by atoms with van der Waals surface area (Å²) in [6.07, 6.45) is 2.48. The van der Waals surface area contributed by atoms with Crippen LogP contribution in [0.5, 0.6) is 0 Å². The minimum absolute atomic E-state index is 0. The third kappa shape index (κ3) is 5.79. The smallest absolute Gasteiger partial charge is 0.191 e. The van der Waals surface area contributed by atoms with Gasteiger partial charge in [0.15, 0.2) is 5.96 Å². The minimum Gasteiger partial charge on any atom is -0.370 e. The van der Waals surface area contributed by atoms with Crippen molar-refractivity contribution in [1.29, 1.82) is 0 Å². The van der Waals surface area contributed by atoms with Gasteiger partial charge < -0.3 is 10.6 Å². The minimum atomic E-state index is 0. The van der Waals surface area contributed by atoms with Crippen molar-refractivity contribution in [2.45, 2.75) is 23.8 Å². The Bertz CT molecular complexity index is 420. The highest BCUT2D eigenvalue weighted by molar-refractivity contribution is 14.0. The Kier molecular flexibility index (Phi) is 7.31. The fourth-order valence-electron chi connectivity index (χ4n) is 1.61. The first-order chi connectivity index (χ1) is 8.66. The number of rotatable bonds is 5. The maximum absolute atomic E-state index is 5.91. The number of nitrogens with zero attached hydrogens (tertiary/aromatic N) is 2. The SMILES string of the molecule is CN(C(N)=NCCSc1ccc(Cl)cc1)C1CC1.I. The molecule has 0 heterocycles. The molecule has 6 heteroatoms. The summed E-state index contributed by atoms with van der Waals surface area (Å²) in [4.78, 5) is 7.68. The van der Waals surface area contributed by atoms with Gasteiger partial charge in [-0.2, -0.15) is 0 Å². The number of guanidine groups is 1. The van der Waals surface area contributed by atoms with Crippen molar-refractivity contribution >= 4 is 53.3 Å². The third-order valence-electron chi connectivity index (χ3n) is 2.90. The maximum atomic E-state index is 5.91. The van der Waals surface area contributed by atoms with E-state index in [1.807, 2.05) is 31.3 Å². The maximum Gasteiger partial charge on any atom is 0.191 e. The lowest BCUT2D eigenvalue weighted by Gasteiger charge is -2.16. The highest BCUT2D eigenvalue weighted by Crippen LogP contribution is 2.25. The number of halogens is 2. The van der Waals surface area contributed by atoms with Crippen molar-refractivity contribution in [2.75, 3.05) is 19.3 Å². The third-order valence-corrected chi connectivity index (χ3v) is 4.15. The first-order valence-electron chi connectivity index (χ1n) is 6.08. The summed E-state index contributed by atoms with van der Waals surface area (Å²) in [7, 11) is 2.02. The zero-order chi connectivity index (χ0) is 13.0. The average molecular weight is 412 g/mol. The summed E-state index contributed by atoms with van der Waals surface area (Å²) in [5, 5.41) is 0.771. The molecule has 0 saturated heterocycles. The van der Waals surface area contributed by atoms with Crippen LogP contribution in [-0.2, 0) is 0 Å². The largest absolute Gasteiger partial charge is 0.370 e. The first-order valence-corrected chi connectivity index (χ1v) is 7.44. The summed E-state index contributed by atoms with van der Waals surface area (Å²) < 4.78 is 0. The fraction of sp³-hybridized carbons (Fsp3) is 0.462. The molecule has 0 aliphatic heterocycles. The number of hydrogen-bond acceptors (Lipinski definition) is 2. The molecule has 1 aliphatic carbocycles. The van der Waals surface area contributed by atoms with Crippen LogP contribution >= 0.6 is 47.3 Å². The number of thioether (sulfide) groups is 1. The summed E-state index contributed by atoms with van der Waals surface area (Å²) in [6.45, 7) is 0.746. The Morgan fingerprint density at radius 3 is 2.63 bits per heavy atom. The van der Waals surface area contributed by atoms with Crippen molar-refractivity contribution < 1.29 is 0 Å². The van der Waals surface area contributed by atoms with Crippen LogP contribution in [0, 0.1) is 0 Å². The van der Waals surface area contributed by atoms with Gasteiger partial charge >= 0.3 is 0 Å². The predicted molar refractivity (Wildman–Crippen MR) is 94.9 cm³/mol. The van der Waals surface area contributed by atoms with Gasteiger partial charge in [-0.3, -0.25) is 4.99 Å². The topological polar surface area (TPSA) is 41.6 Å². The Balaban J connectivity index is 0.00000180. The van der Waals surface area contributed by atoms with Gasteiger partial charge in [-0.15, -0.1) is 35.7 Å². The van der Waals surface area contributed by atoms with E-state index in [9.17, 15) is 0 Å². The van der Waals surface area contributed by atoms with Gasteiger partial charge in [0.05, 0.1) is 6.54 Å².